The van der Waals surface area contributed by atoms with E-state index in [0.29, 0.717) is 13.2 Å². The van der Waals surface area contributed by atoms with E-state index >= 15 is 0 Å². The zero-order valence-electron chi connectivity index (χ0n) is 14.4. The van der Waals surface area contributed by atoms with Gasteiger partial charge in [0.05, 0.1) is 23.6 Å². The van der Waals surface area contributed by atoms with Gasteiger partial charge in [0, 0.05) is 26.2 Å². The smallest absolute Gasteiger partial charge is 0.182 e. The lowest BCUT2D eigenvalue weighted by Gasteiger charge is -2.51. The molecule has 4 nitrogen and oxygen atoms in total. The zero-order valence-corrected chi connectivity index (χ0v) is 14.4. The third-order valence-electron chi connectivity index (χ3n) is 4.45. The highest BCUT2D eigenvalue weighted by molar-refractivity contribution is 5.58. The first-order valence-corrected chi connectivity index (χ1v) is 8.32. The molecule has 0 saturated carbocycles. The summed E-state index contributed by atoms with van der Waals surface area (Å²) >= 11 is 0. The molecule has 0 N–H and O–H groups in total. The van der Waals surface area contributed by atoms with Crippen molar-refractivity contribution in [3.63, 3.8) is 0 Å². The fourth-order valence-corrected chi connectivity index (χ4v) is 3.42. The highest BCUT2D eigenvalue weighted by Gasteiger charge is 2.54. The standard InChI is InChI=1S/C16H22N2O2.C2H6/c1-4-19-16(20-5-2)8-6-7-13-9-14-10-17-12-18(14)11-15(13,16)3;1-2/h6-7,9-10,12H,4-5,8,11H2,1-3H3;1-2H3. The van der Waals surface area contributed by atoms with Crippen molar-refractivity contribution in [2.24, 2.45) is 5.41 Å². The van der Waals surface area contributed by atoms with Gasteiger partial charge in [-0.05, 0) is 32.4 Å². The third-order valence-corrected chi connectivity index (χ3v) is 4.45. The van der Waals surface area contributed by atoms with E-state index in [-0.39, 0.29) is 5.41 Å². The fraction of sp³-hybridized carbons (Fsp3) is 0.611. The summed E-state index contributed by atoms with van der Waals surface area (Å²) in [5, 5.41) is 0. The number of rotatable bonds is 4. The van der Waals surface area contributed by atoms with Crippen LogP contribution in [-0.4, -0.2) is 28.6 Å². The van der Waals surface area contributed by atoms with Gasteiger partial charge in [0.2, 0.25) is 0 Å². The molecule has 1 unspecified atom stereocenters. The Balaban J connectivity index is 0.000000847. The Morgan fingerprint density at radius 2 is 1.91 bits per heavy atom. The Bertz CT molecular complexity index is 553. The van der Waals surface area contributed by atoms with Gasteiger partial charge in [0.25, 0.3) is 0 Å². The van der Waals surface area contributed by atoms with Crippen molar-refractivity contribution in [2.45, 2.75) is 53.4 Å². The molecule has 4 heteroatoms. The first-order valence-electron chi connectivity index (χ1n) is 8.32. The van der Waals surface area contributed by atoms with E-state index in [2.05, 4.69) is 34.7 Å². The van der Waals surface area contributed by atoms with Crippen LogP contribution in [0.5, 0.6) is 0 Å². The topological polar surface area (TPSA) is 36.3 Å². The minimum absolute atomic E-state index is 0.193. The van der Waals surface area contributed by atoms with Crippen LogP contribution < -0.4 is 0 Å². The Morgan fingerprint density at radius 1 is 1.23 bits per heavy atom. The first-order chi connectivity index (χ1) is 10.6. The van der Waals surface area contributed by atoms with E-state index < -0.39 is 5.79 Å². The van der Waals surface area contributed by atoms with Gasteiger partial charge < -0.3 is 14.0 Å². The van der Waals surface area contributed by atoms with Crippen molar-refractivity contribution in [3.05, 3.63) is 35.9 Å². The highest BCUT2D eigenvalue weighted by atomic mass is 16.7. The molecule has 0 fully saturated rings. The number of fused-ring (bicyclic) bond motifs is 2. The molecule has 1 aliphatic heterocycles. The Kier molecular flexibility index (Phi) is 5.24. The molecular formula is C18H28N2O2. The summed E-state index contributed by atoms with van der Waals surface area (Å²) < 4.78 is 14.4. The average Bonchev–Trinajstić information content (AvgIpc) is 2.95. The van der Waals surface area contributed by atoms with Crippen LogP contribution in [0.15, 0.2) is 30.2 Å². The molecule has 0 radical (unpaired) electrons. The van der Waals surface area contributed by atoms with Gasteiger partial charge in [-0.1, -0.05) is 26.0 Å². The van der Waals surface area contributed by atoms with Gasteiger partial charge in [-0.2, -0.15) is 0 Å². The van der Waals surface area contributed by atoms with Crippen molar-refractivity contribution in [1.82, 2.24) is 9.55 Å². The van der Waals surface area contributed by atoms with Gasteiger partial charge in [0.15, 0.2) is 5.79 Å². The summed E-state index contributed by atoms with van der Waals surface area (Å²) in [7, 11) is 0. The Labute approximate surface area is 133 Å². The molecule has 122 valence electrons. The molecule has 2 aliphatic rings. The van der Waals surface area contributed by atoms with Gasteiger partial charge in [0.1, 0.15) is 0 Å². The summed E-state index contributed by atoms with van der Waals surface area (Å²) in [5.41, 5.74) is 2.21. The second-order valence-corrected chi connectivity index (χ2v) is 5.60. The Hall–Kier alpha value is -1.39. The molecule has 22 heavy (non-hydrogen) atoms. The van der Waals surface area contributed by atoms with Crippen molar-refractivity contribution < 1.29 is 9.47 Å². The number of allylic oxidation sites excluding steroid dienone is 1. The Morgan fingerprint density at radius 3 is 2.55 bits per heavy atom. The van der Waals surface area contributed by atoms with Crippen LogP contribution in [0.2, 0.25) is 0 Å². The number of aromatic nitrogens is 2. The summed E-state index contributed by atoms with van der Waals surface area (Å²) in [6.45, 7) is 12.4. The quantitative estimate of drug-likeness (QED) is 0.788. The maximum atomic E-state index is 6.13. The molecule has 0 saturated heterocycles. The molecule has 0 amide bonds. The van der Waals surface area contributed by atoms with E-state index in [0.717, 1.165) is 18.7 Å². The maximum absolute atomic E-state index is 6.13. The van der Waals surface area contributed by atoms with Gasteiger partial charge in [-0.3, -0.25) is 0 Å². The van der Waals surface area contributed by atoms with E-state index in [4.69, 9.17) is 9.47 Å². The molecule has 1 aromatic heterocycles. The SMILES string of the molecule is CC.CCOC1(OCC)CC=CC2=Cc3cncn3CC21C. The average molecular weight is 304 g/mol. The normalized spacial score (nSPS) is 24.7. The van der Waals surface area contributed by atoms with Crippen LogP contribution in [0.1, 0.15) is 46.7 Å². The van der Waals surface area contributed by atoms with Crippen molar-refractivity contribution in [1.29, 1.82) is 0 Å². The van der Waals surface area contributed by atoms with E-state index in [1.807, 2.05) is 40.2 Å². The summed E-state index contributed by atoms with van der Waals surface area (Å²) in [5.74, 6) is -0.584. The monoisotopic (exact) mass is 304 g/mol. The first kappa shape index (κ1) is 17.0. The predicted octanol–water partition coefficient (Wildman–Crippen LogP) is 4.04. The van der Waals surface area contributed by atoms with Crippen LogP contribution >= 0.6 is 0 Å². The lowest BCUT2D eigenvalue weighted by atomic mass is 9.68. The van der Waals surface area contributed by atoms with E-state index in [1.54, 1.807) is 0 Å². The molecule has 3 rings (SSSR count). The molecule has 2 heterocycles. The lowest BCUT2D eigenvalue weighted by Crippen LogP contribution is -2.55. The molecular weight excluding hydrogens is 276 g/mol. The van der Waals surface area contributed by atoms with E-state index in [9.17, 15) is 0 Å². The van der Waals surface area contributed by atoms with Crippen molar-refractivity contribution in [2.75, 3.05) is 13.2 Å². The second-order valence-electron chi connectivity index (χ2n) is 5.60. The van der Waals surface area contributed by atoms with Crippen LogP contribution in [0.4, 0.5) is 0 Å². The summed E-state index contributed by atoms with van der Waals surface area (Å²) in [6, 6.07) is 0. The van der Waals surface area contributed by atoms with Gasteiger partial charge in [-0.15, -0.1) is 0 Å². The van der Waals surface area contributed by atoms with Crippen LogP contribution in [0.25, 0.3) is 6.08 Å². The largest absolute Gasteiger partial charge is 0.349 e. The van der Waals surface area contributed by atoms with Crippen molar-refractivity contribution in [3.8, 4) is 0 Å². The third kappa shape index (κ3) is 2.55. The minimum Gasteiger partial charge on any atom is -0.349 e. The highest BCUT2D eigenvalue weighted by Crippen LogP contribution is 2.51. The number of ether oxygens (including phenoxy) is 2. The van der Waals surface area contributed by atoms with Crippen LogP contribution in [0, 0.1) is 5.41 Å². The van der Waals surface area contributed by atoms with Gasteiger partial charge in [-0.25, -0.2) is 4.98 Å². The van der Waals surface area contributed by atoms with E-state index in [1.165, 1.54) is 5.57 Å². The predicted molar refractivity (Wildman–Crippen MR) is 89.4 cm³/mol. The summed E-state index contributed by atoms with van der Waals surface area (Å²) in [6.07, 6.45) is 11.1. The van der Waals surface area contributed by atoms with Gasteiger partial charge >= 0.3 is 0 Å². The number of hydrogen-bond acceptors (Lipinski definition) is 3. The fourth-order valence-electron chi connectivity index (χ4n) is 3.42. The molecule has 0 aromatic carbocycles. The van der Waals surface area contributed by atoms with Crippen molar-refractivity contribution >= 4 is 6.08 Å². The molecule has 1 aromatic rings. The zero-order chi connectivity index (χ0) is 16.2. The van der Waals surface area contributed by atoms with Crippen LogP contribution in [-0.2, 0) is 16.0 Å². The van der Waals surface area contributed by atoms with Crippen LogP contribution in [0.3, 0.4) is 0 Å². The lowest BCUT2D eigenvalue weighted by molar-refractivity contribution is -0.286. The minimum atomic E-state index is -0.584. The summed E-state index contributed by atoms with van der Waals surface area (Å²) in [4.78, 5) is 4.25. The maximum Gasteiger partial charge on any atom is 0.182 e. The molecule has 0 spiro atoms. The second kappa shape index (κ2) is 6.80. The number of imidazole rings is 1. The number of hydrogen-bond donors (Lipinski definition) is 0. The molecule has 1 atom stereocenters. The molecule has 0 bridgehead atoms. The molecule has 1 aliphatic carbocycles. The number of nitrogens with zero attached hydrogens (tertiary/aromatic N) is 2.